The molecule has 0 aliphatic carbocycles. The highest BCUT2D eigenvalue weighted by atomic mass is 19.1. The number of amides is 2. The average Bonchev–Trinajstić information content (AvgIpc) is 3.20. The smallest absolute Gasteiger partial charge is 0.336 e. The molecule has 2 amide bonds. The maximum absolute atomic E-state index is 14.2. The number of hydrogen-bond donors (Lipinski definition) is 0. The van der Waals surface area contributed by atoms with Gasteiger partial charge in [0.1, 0.15) is 18.2 Å². The summed E-state index contributed by atoms with van der Waals surface area (Å²) in [5.41, 5.74) is 2.84. The SMILES string of the molecule is COC(=O)C1=C(c2ccc(F)cc2OCc2ccccc2)C[C@@H]2CC[C@H]1N2C(=O)N1CCOCC1. The van der Waals surface area contributed by atoms with Crippen LogP contribution in [0.4, 0.5) is 9.18 Å². The Balaban J connectivity index is 1.51. The predicted octanol–water partition coefficient (Wildman–Crippen LogP) is 4.02. The van der Waals surface area contributed by atoms with E-state index in [4.69, 9.17) is 14.2 Å². The summed E-state index contributed by atoms with van der Waals surface area (Å²) in [7, 11) is 1.35. The normalized spacial score (nSPS) is 21.8. The van der Waals surface area contributed by atoms with E-state index >= 15 is 0 Å². The summed E-state index contributed by atoms with van der Waals surface area (Å²) in [6.45, 7) is 2.37. The summed E-state index contributed by atoms with van der Waals surface area (Å²) in [5.74, 6) is -0.513. The number of carbonyl (C=O) groups is 2. The van der Waals surface area contributed by atoms with Gasteiger partial charge in [-0.05, 0) is 42.5 Å². The molecule has 0 N–H and O–H groups in total. The highest BCUT2D eigenvalue weighted by molar-refractivity contribution is 6.01. The van der Waals surface area contributed by atoms with E-state index in [0.717, 1.165) is 17.6 Å². The highest BCUT2D eigenvalue weighted by Crippen LogP contribution is 2.46. The number of methoxy groups -OCH3 is 1. The van der Waals surface area contributed by atoms with E-state index in [1.54, 1.807) is 11.0 Å². The van der Waals surface area contributed by atoms with Gasteiger partial charge in [-0.25, -0.2) is 14.0 Å². The Bertz CT molecular complexity index is 1130. The van der Waals surface area contributed by atoms with Crippen molar-refractivity contribution in [3.05, 3.63) is 71.0 Å². The molecule has 2 saturated heterocycles. The topological polar surface area (TPSA) is 68.3 Å². The third kappa shape index (κ3) is 4.62. The Labute approximate surface area is 204 Å². The highest BCUT2D eigenvalue weighted by Gasteiger charge is 2.48. The van der Waals surface area contributed by atoms with Crippen LogP contribution in [0.1, 0.15) is 30.4 Å². The molecule has 35 heavy (non-hydrogen) atoms. The zero-order valence-electron chi connectivity index (χ0n) is 19.7. The molecule has 0 spiro atoms. The van der Waals surface area contributed by atoms with Crippen molar-refractivity contribution >= 4 is 17.6 Å². The minimum absolute atomic E-state index is 0.0502. The van der Waals surface area contributed by atoms with Gasteiger partial charge in [0.25, 0.3) is 0 Å². The van der Waals surface area contributed by atoms with Gasteiger partial charge in [-0.1, -0.05) is 30.3 Å². The van der Waals surface area contributed by atoms with Crippen molar-refractivity contribution in [2.24, 2.45) is 0 Å². The number of esters is 1. The molecule has 5 rings (SSSR count). The van der Waals surface area contributed by atoms with Crippen molar-refractivity contribution in [2.75, 3.05) is 33.4 Å². The summed E-state index contributed by atoms with van der Waals surface area (Å²) >= 11 is 0. The van der Waals surface area contributed by atoms with E-state index in [0.29, 0.717) is 56.0 Å². The van der Waals surface area contributed by atoms with E-state index in [1.165, 1.54) is 19.2 Å². The Morgan fingerprint density at radius 1 is 1.09 bits per heavy atom. The van der Waals surface area contributed by atoms with Gasteiger partial charge in [0.2, 0.25) is 0 Å². The lowest BCUT2D eigenvalue weighted by Gasteiger charge is -2.41. The van der Waals surface area contributed by atoms with Crippen LogP contribution < -0.4 is 4.74 Å². The third-order valence-electron chi connectivity index (χ3n) is 7.01. The van der Waals surface area contributed by atoms with Crippen molar-refractivity contribution in [3.8, 4) is 5.75 Å². The van der Waals surface area contributed by atoms with Crippen LogP contribution in [0.15, 0.2) is 54.1 Å². The molecule has 3 aliphatic rings. The first kappa shape index (κ1) is 23.4. The van der Waals surface area contributed by atoms with Crippen molar-refractivity contribution in [2.45, 2.75) is 38.0 Å². The average molecular weight is 481 g/mol. The number of carbonyl (C=O) groups excluding carboxylic acids is 2. The lowest BCUT2D eigenvalue weighted by molar-refractivity contribution is -0.136. The van der Waals surface area contributed by atoms with E-state index in [-0.39, 0.29) is 18.7 Å². The molecule has 0 aromatic heterocycles. The van der Waals surface area contributed by atoms with E-state index in [9.17, 15) is 14.0 Å². The third-order valence-corrected chi connectivity index (χ3v) is 7.01. The minimum atomic E-state index is -0.469. The molecule has 2 bridgehead atoms. The second-order valence-electron chi connectivity index (χ2n) is 9.04. The lowest BCUT2D eigenvalue weighted by Crippen LogP contribution is -2.54. The molecule has 184 valence electrons. The van der Waals surface area contributed by atoms with Crippen molar-refractivity contribution in [1.82, 2.24) is 9.80 Å². The van der Waals surface area contributed by atoms with Crippen LogP contribution in [0.2, 0.25) is 0 Å². The standard InChI is InChI=1S/C27H29FN2O5/c1-33-26(31)25-22(16-20-8-10-23(25)30(20)27(32)29-11-13-34-14-12-29)21-9-7-19(28)15-24(21)35-17-18-5-3-2-4-6-18/h2-7,9,15,20,23H,8,10-14,16-17H2,1H3/t20-,23+/m0/s1. The fraction of sp³-hybridized carbons (Fsp3) is 0.407. The van der Waals surface area contributed by atoms with Gasteiger partial charge in [0.15, 0.2) is 0 Å². The predicted molar refractivity (Wildman–Crippen MR) is 127 cm³/mol. The maximum atomic E-state index is 14.2. The zero-order valence-corrected chi connectivity index (χ0v) is 19.7. The van der Waals surface area contributed by atoms with Crippen LogP contribution in [-0.2, 0) is 20.9 Å². The summed E-state index contributed by atoms with van der Waals surface area (Å²) in [6.07, 6.45) is 1.94. The molecule has 2 fully saturated rings. The van der Waals surface area contributed by atoms with Gasteiger partial charge < -0.3 is 24.0 Å². The van der Waals surface area contributed by atoms with Gasteiger partial charge in [0.05, 0.1) is 31.9 Å². The molecular formula is C27H29FN2O5. The Hall–Kier alpha value is -3.39. The summed E-state index contributed by atoms with van der Waals surface area (Å²) in [6, 6.07) is 13.5. The monoisotopic (exact) mass is 480 g/mol. The molecule has 0 unspecified atom stereocenters. The van der Waals surface area contributed by atoms with Crippen LogP contribution in [-0.4, -0.2) is 67.3 Å². The maximum Gasteiger partial charge on any atom is 0.336 e. The fourth-order valence-corrected chi connectivity index (χ4v) is 5.35. The van der Waals surface area contributed by atoms with Gasteiger partial charge in [-0.15, -0.1) is 0 Å². The van der Waals surface area contributed by atoms with Crippen LogP contribution in [0, 0.1) is 5.82 Å². The van der Waals surface area contributed by atoms with Crippen LogP contribution in [0.25, 0.3) is 5.57 Å². The lowest BCUT2D eigenvalue weighted by atomic mass is 9.88. The first-order valence-electron chi connectivity index (χ1n) is 12.0. The first-order valence-corrected chi connectivity index (χ1v) is 12.0. The van der Waals surface area contributed by atoms with Gasteiger partial charge >= 0.3 is 12.0 Å². The van der Waals surface area contributed by atoms with Crippen LogP contribution in [0.5, 0.6) is 5.75 Å². The first-order chi connectivity index (χ1) is 17.1. The molecule has 2 aromatic carbocycles. The Kier molecular flexibility index (Phi) is 6.72. The Morgan fingerprint density at radius 2 is 1.86 bits per heavy atom. The molecule has 7 nitrogen and oxygen atoms in total. The van der Waals surface area contributed by atoms with E-state index < -0.39 is 17.8 Å². The quantitative estimate of drug-likeness (QED) is 0.605. The van der Waals surface area contributed by atoms with Gasteiger partial charge in [-0.2, -0.15) is 0 Å². The molecule has 2 aromatic rings. The number of rotatable bonds is 5. The molecule has 2 atom stereocenters. The minimum Gasteiger partial charge on any atom is -0.488 e. The second kappa shape index (κ2) is 10.1. The molecule has 0 saturated carbocycles. The van der Waals surface area contributed by atoms with Crippen molar-refractivity contribution in [1.29, 1.82) is 0 Å². The van der Waals surface area contributed by atoms with Crippen LogP contribution >= 0.6 is 0 Å². The fourth-order valence-electron chi connectivity index (χ4n) is 5.35. The number of morpholine rings is 1. The number of fused-ring (bicyclic) bond motifs is 2. The summed E-state index contributed by atoms with van der Waals surface area (Å²) < 4.78 is 30.9. The molecule has 3 aliphatic heterocycles. The largest absolute Gasteiger partial charge is 0.488 e. The second-order valence-corrected chi connectivity index (χ2v) is 9.04. The Morgan fingerprint density at radius 3 is 2.60 bits per heavy atom. The molecule has 0 radical (unpaired) electrons. The number of nitrogens with zero attached hydrogens (tertiary/aromatic N) is 2. The number of urea groups is 1. The molecular weight excluding hydrogens is 451 g/mol. The van der Waals surface area contributed by atoms with Gasteiger partial charge in [0, 0.05) is 30.8 Å². The molecule has 8 heteroatoms. The number of halogens is 1. The van der Waals surface area contributed by atoms with Crippen molar-refractivity contribution < 1.29 is 28.2 Å². The van der Waals surface area contributed by atoms with E-state index in [1.807, 2.05) is 35.2 Å². The number of benzene rings is 2. The van der Waals surface area contributed by atoms with E-state index in [2.05, 4.69) is 0 Å². The van der Waals surface area contributed by atoms with Crippen LogP contribution in [0.3, 0.4) is 0 Å². The zero-order chi connectivity index (χ0) is 24.4. The summed E-state index contributed by atoms with van der Waals surface area (Å²) in [4.78, 5) is 30.1. The van der Waals surface area contributed by atoms with Gasteiger partial charge in [-0.3, -0.25) is 0 Å². The van der Waals surface area contributed by atoms with Crippen molar-refractivity contribution in [3.63, 3.8) is 0 Å². The number of ether oxygens (including phenoxy) is 3. The molecule has 3 heterocycles. The summed E-state index contributed by atoms with van der Waals surface area (Å²) in [5, 5.41) is 0. The number of hydrogen-bond acceptors (Lipinski definition) is 5.